The Morgan fingerprint density at radius 1 is 1.02 bits per heavy atom. The summed E-state index contributed by atoms with van der Waals surface area (Å²) in [5.41, 5.74) is 1.78. The van der Waals surface area contributed by atoms with Crippen LogP contribution in [0.2, 0.25) is 0 Å². The number of carbonyl (C=O) groups is 2. The van der Waals surface area contributed by atoms with Crippen molar-refractivity contribution in [2.75, 3.05) is 0 Å². The number of amides is 1. The van der Waals surface area contributed by atoms with Crippen molar-refractivity contribution in [3.63, 3.8) is 0 Å². The summed E-state index contributed by atoms with van der Waals surface area (Å²) in [4.78, 5) is 41.3. The second-order valence-corrected chi connectivity index (χ2v) is 16.1. The lowest BCUT2D eigenvalue weighted by Crippen LogP contribution is -2.67. The van der Waals surface area contributed by atoms with Gasteiger partial charge in [0.05, 0.1) is 0 Å². The number of aromatic amines is 1. The van der Waals surface area contributed by atoms with Crippen molar-refractivity contribution in [3.8, 4) is 6.01 Å². The molecule has 41 heavy (non-hydrogen) atoms. The summed E-state index contributed by atoms with van der Waals surface area (Å²) < 4.78 is 10.9. The Labute approximate surface area is 242 Å². The Balaban J connectivity index is 1.37. The molecule has 0 bridgehead atoms. The van der Waals surface area contributed by atoms with Crippen molar-refractivity contribution in [1.29, 1.82) is 0 Å². The number of carbonyl (C=O) groups excluding carboxylic acids is 2. The largest absolute Gasteiger partial charge is 0.459 e. The van der Waals surface area contributed by atoms with E-state index in [-0.39, 0.29) is 68.6 Å². The van der Waals surface area contributed by atoms with Gasteiger partial charge in [-0.15, -0.1) is 0 Å². The third-order valence-corrected chi connectivity index (χ3v) is 13.8. The molecule has 4 fully saturated rings. The standard InChI is InChI=1S/C32H47N3O6/c1-27(2)21-8-11-32(7)23(30(21,5)10-9-22(27)40-25-33-26(38)41-35-25)20(36)16-18-19-17-29(4,24(37)34-39)13-12-28(19,3)14-15-31(18,32)6/h16,19,21-23,39H,8-15,17H2,1-7H3,(H,34,37)(H,33,35,38)/t19-,21?,22-,23+,28+,29-,30-,31+,32+/m0/s1. The van der Waals surface area contributed by atoms with Crippen molar-refractivity contribution in [2.24, 2.45) is 50.2 Å². The van der Waals surface area contributed by atoms with Crippen LogP contribution in [0.5, 0.6) is 6.01 Å². The first-order valence-corrected chi connectivity index (χ1v) is 15.5. The summed E-state index contributed by atoms with van der Waals surface area (Å²) in [6, 6.07) is 0.116. The van der Waals surface area contributed by atoms with Gasteiger partial charge in [-0.25, -0.2) is 15.3 Å². The summed E-state index contributed by atoms with van der Waals surface area (Å²) in [6.07, 6.45) is 9.86. The molecule has 5 aliphatic carbocycles. The summed E-state index contributed by atoms with van der Waals surface area (Å²) in [7, 11) is 0. The molecule has 0 aliphatic heterocycles. The summed E-state index contributed by atoms with van der Waals surface area (Å²) in [5, 5.41) is 13.3. The predicted octanol–water partition coefficient (Wildman–Crippen LogP) is 5.60. The number of nitrogens with zero attached hydrogens (tertiary/aromatic N) is 1. The van der Waals surface area contributed by atoms with E-state index in [2.05, 4.69) is 56.2 Å². The van der Waals surface area contributed by atoms with Gasteiger partial charge in [0.15, 0.2) is 5.78 Å². The van der Waals surface area contributed by atoms with Crippen molar-refractivity contribution >= 4 is 11.7 Å². The molecule has 1 unspecified atom stereocenters. The van der Waals surface area contributed by atoms with Gasteiger partial charge in [-0.2, -0.15) is 0 Å². The molecule has 3 N–H and O–H groups in total. The second-order valence-electron chi connectivity index (χ2n) is 16.1. The molecule has 9 nitrogen and oxygen atoms in total. The summed E-state index contributed by atoms with van der Waals surface area (Å²) in [5.74, 6) is -0.416. The quantitative estimate of drug-likeness (QED) is 0.319. The Bertz CT molecular complexity index is 1360. The number of rotatable bonds is 3. The first-order valence-electron chi connectivity index (χ1n) is 15.5. The van der Waals surface area contributed by atoms with E-state index in [4.69, 9.17) is 4.74 Å². The molecule has 4 saturated carbocycles. The zero-order chi connectivity index (χ0) is 29.8. The van der Waals surface area contributed by atoms with E-state index in [1.165, 1.54) is 5.57 Å². The lowest BCUT2D eigenvalue weighted by Gasteiger charge is -2.70. The smallest absolute Gasteiger partial charge is 0.441 e. The van der Waals surface area contributed by atoms with Crippen LogP contribution in [0.3, 0.4) is 0 Å². The highest BCUT2D eigenvalue weighted by Crippen LogP contribution is 2.75. The number of hydrogen-bond acceptors (Lipinski definition) is 7. The van der Waals surface area contributed by atoms with Crippen molar-refractivity contribution in [2.45, 2.75) is 112 Å². The highest BCUT2D eigenvalue weighted by molar-refractivity contribution is 5.95. The van der Waals surface area contributed by atoms with Crippen LogP contribution in [0.25, 0.3) is 0 Å². The van der Waals surface area contributed by atoms with Gasteiger partial charge in [0, 0.05) is 16.7 Å². The van der Waals surface area contributed by atoms with Crippen molar-refractivity contribution < 1.29 is 24.1 Å². The molecule has 9 atom stereocenters. The minimum atomic E-state index is -0.654. The zero-order valence-electron chi connectivity index (χ0n) is 25.7. The molecule has 0 aromatic carbocycles. The summed E-state index contributed by atoms with van der Waals surface area (Å²) >= 11 is 0. The van der Waals surface area contributed by atoms with Crippen LogP contribution >= 0.6 is 0 Å². The average molecular weight is 570 g/mol. The molecule has 9 heteroatoms. The number of hydroxylamine groups is 1. The fourth-order valence-corrected chi connectivity index (χ4v) is 11.1. The molecular weight excluding hydrogens is 522 g/mol. The second kappa shape index (κ2) is 8.80. The normalized spacial score (nSPS) is 46.7. The van der Waals surface area contributed by atoms with Crippen LogP contribution in [0.15, 0.2) is 21.0 Å². The third kappa shape index (κ3) is 3.75. The van der Waals surface area contributed by atoms with Crippen LogP contribution in [-0.4, -0.2) is 33.1 Å². The van der Waals surface area contributed by atoms with E-state index in [0.717, 1.165) is 51.4 Å². The number of allylic oxidation sites excluding steroid dienone is 2. The monoisotopic (exact) mass is 569 g/mol. The number of ketones is 1. The third-order valence-electron chi connectivity index (χ3n) is 13.8. The highest BCUT2D eigenvalue weighted by atomic mass is 16.6. The number of aromatic nitrogens is 2. The minimum Gasteiger partial charge on any atom is -0.459 e. The van der Waals surface area contributed by atoms with Crippen LogP contribution in [0.1, 0.15) is 106 Å². The minimum absolute atomic E-state index is 0.0463. The van der Waals surface area contributed by atoms with E-state index in [1.807, 2.05) is 18.5 Å². The number of H-pyrrole nitrogens is 1. The average Bonchev–Trinajstić information content (AvgIpc) is 3.32. The number of nitrogens with one attached hydrogen (secondary N) is 2. The lowest BCUT2D eigenvalue weighted by atomic mass is 9.33. The number of hydrogen-bond donors (Lipinski definition) is 3. The van der Waals surface area contributed by atoms with Gasteiger partial charge in [-0.05, 0) is 103 Å². The SMILES string of the molecule is CC1(C)C2CC[C@]3(C)[C@H](C(=O)C=C4[C@@H]5C[C@@](C)(C(=O)NO)CC[C@]5(C)CC[C@]43C)[C@@]2(C)CC[C@@H]1Oc1noc(=O)[nH]1. The highest BCUT2D eigenvalue weighted by Gasteiger charge is 2.70. The van der Waals surface area contributed by atoms with Crippen molar-refractivity contribution in [1.82, 2.24) is 15.6 Å². The number of fused-ring (bicyclic) bond motifs is 7. The van der Waals surface area contributed by atoms with E-state index >= 15 is 0 Å². The molecular formula is C32H47N3O6. The van der Waals surface area contributed by atoms with E-state index in [1.54, 1.807) is 0 Å². The fraction of sp³-hybridized carbons (Fsp3) is 0.812. The summed E-state index contributed by atoms with van der Waals surface area (Å²) in [6.45, 7) is 15.9. The Hall–Kier alpha value is -2.42. The first-order chi connectivity index (χ1) is 19.0. The van der Waals surface area contributed by atoms with Gasteiger partial charge in [-0.1, -0.05) is 54.0 Å². The molecule has 0 spiro atoms. The van der Waals surface area contributed by atoms with Gasteiger partial charge >= 0.3 is 11.8 Å². The molecule has 1 amide bonds. The van der Waals surface area contributed by atoms with Gasteiger partial charge < -0.3 is 4.74 Å². The van der Waals surface area contributed by atoms with Crippen LogP contribution < -0.4 is 16.0 Å². The topological polar surface area (TPSA) is 135 Å². The van der Waals surface area contributed by atoms with Gasteiger partial charge in [-0.3, -0.25) is 19.3 Å². The van der Waals surface area contributed by atoms with Crippen LogP contribution in [-0.2, 0) is 9.59 Å². The van der Waals surface area contributed by atoms with Crippen molar-refractivity contribution in [3.05, 3.63) is 22.2 Å². The van der Waals surface area contributed by atoms with Crippen LogP contribution in [0, 0.1) is 50.2 Å². The Kier molecular flexibility index (Phi) is 6.16. The number of ether oxygens (including phenoxy) is 1. The molecule has 1 heterocycles. The van der Waals surface area contributed by atoms with Gasteiger partial charge in [0.25, 0.3) is 0 Å². The van der Waals surface area contributed by atoms with Gasteiger partial charge in [0.2, 0.25) is 5.91 Å². The molecule has 1 aromatic rings. The van der Waals surface area contributed by atoms with E-state index in [0.29, 0.717) is 6.42 Å². The molecule has 5 aliphatic rings. The Morgan fingerprint density at radius 3 is 2.39 bits per heavy atom. The van der Waals surface area contributed by atoms with Gasteiger partial charge in [0.1, 0.15) is 6.10 Å². The molecule has 0 radical (unpaired) electrons. The first kappa shape index (κ1) is 28.7. The van der Waals surface area contributed by atoms with Crippen LogP contribution in [0.4, 0.5) is 0 Å². The van der Waals surface area contributed by atoms with E-state index in [9.17, 15) is 19.6 Å². The maximum atomic E-state index is 14.5. The Morgan fingerprint density at radius 2 is 1.73 bits per heavy atom. The molecule has 1 aromatic heterocycles. The fourth-order valence-electron chi connectivity index (χ4n) is 11.1. The van der Waals surface area contributed by atoms with E-state index < -0.39 is 11.2 Å². The zero-order valence-corrected chi connectivity index (χ0v) is 25.7. The maximum absolute atomic E-state index is 14.5. The molecule has 6 rings (SSSR count). The molecule has 226 valence electrons. The predicted molar refractivity (Wildman–Crippen MR) is 151 cm³/mol. The lowest BCUT2D eigenvalue weighted by molar-refractivity contribution is -0.199. The molecule has 0 saturated heterocycles. The maximum Gasteiger partial charge on any atom is 0.441 e.